The van der Waals surface area contributed by atoms with Gasteiger partial charge in [0, 0.05) is 6.42 Å². The lowest BCUT2D eigenvalue weighted by atomic mass is 10.2. The number of aliphatic hydroxyl groups excluding tert-OH is 1. The minimum Gasteiger partial charge on any atom is -0.507 e. The lowest BCUT2D eigenvalue weighted by Gasteiger charge is -1.89. The average Bonchev–Trinajstić information content (AvgIpc) is 2.49. The summed E-state index contributed by atoms with van der Waals surface area (Å²) < 4.78 is 5.37. The Morgan fingerprint density at radius 2 is 2.15 bits per heavy atom. The van der Waals surface area contributed by atoms with Crippen LogP contribution in [0, 0.1) is 0 Å². The van der Waals surface area contributed by atoms with E-state index in [1.807, 2.05) is 0 Å². The fraction of sp³-hybridized carbons (Fsp3) is 0.200. The molecule has 13 heavy (non-hydrogen) atoms. The fourth-order valence-electron chi connectivity index (χ4n) is 1.33. The first-order valence-corrected chi connectivity index (χ1v) is 4.12. The van der Waals surface area contributed by atoms with Crippen LogP contribution in [0.2, 0.25) is 0 Å². The number of phenolic OH excluding ortho intramolecular Hbond substituents is 1. The SMILES string of the molecule is OCCc1cc2c(O)cccc2o1. The van der Waals surface area contributed by atoms with Crippen LogP contribution in [-0.2, 0) is 6.42 Å². The van der Waals surface area contributed by atoms with Gasteiger partial charge in [-0.2, -0.15) is 0 Å². The normalized spacial score (nSPS) is 10.8. The van der Waals surface area contributed by atoms with Crippen LogP contribution in [0.5, 0.6) is 5.75 Å². The van der Waals surface area contributed by atoms with Crippen molar-refractivity contribution < 1.29 is 14.6 Å². The number of benzene rings is 1. The highest BCUT2D eigenvalue weighted by molar-refractivity contribution is 5.84. The molecule has 0 saturated heterocycles. The number of hydrogen-bond donors (Lipinski definition) is 2. The Labute approximate surface area is 75.2 Å². The highest BCUT2D eigenvalue weighted by atomic mass is 16.3. The van der Waals surface area contributed by atoms with Gasteiger partial charge in [0.05, 0.1) is 12.0 Å². The first kappa shape index (κ1) is 8.13. The molecule has 1 heterocycles. The lowest BCUT2D eigenvalue weighted by molar-refractivity contribution is 0.289. The van der Waals surface area contributed by atoms with Crippen LogP contribution in [0.25, 0.3) is 11.0 Å². The summed E-state index contributed by atoms with van der Waals surface area (Å²) in [6, 6.07) is 6.88. The maximum Gasteiger partial charge on any atom is 0.137 e. The summed E-state index contributed by atoms with van der Waals surface area (Å²) in [5.41, 5.74) is 0.656. The van der Waals surface area contributed by atoms with Gasteiger partial charge in [0.15, 0.2) is 0 Å². The molecule has 3 nitrogen and oxygen atoms in total. The van der Waals surface area contributed by atoms with E-state index in [-0.39, 0.29) is 12.4 Å². The molecule has 0 aliphatic heterocycles. The molecule has 0 radical (unpaired) electrons. The largest absolute Gasteiger partial charge is 0.507 e. The van der Waals surface area contributed by atoms with E-state index in [4.69, 9.17) is 9.52 Å². The summed E-state index contributed by atoms with van der Waals surface area (Å²) >= 11 is 0. The molecule has 0 spiro atoms. The van der Waals surface area contributed by atoms with E-state index in [2.05, 4.69) is 0 Å². The first-order chi connectivity index (χ1) is 6.31. The highest BCUT2D eigenvalue weighted by Gasteiger charge is 2.05. The topological polar surface area (TPSA) is 53.6 Å². The molecule has 0 fully saturated rings. The Bertz CT molecular complexity index is 417. The van der Waals surface area contributed by atoms with Gasteiger partial charge in [-0.1, -0.05) is 6.07 Å². The van der Waals surface area contributed by atoms with Gasteiger partial charge < -0.3 is 14.6 Å². The van der Waals surface area contributed by atoms with Crippen LogP contribution >= 0.6 is 0 Å². The number of fused-ring (bicyclic) bond motifs is 1. The zero-order valence-corrected chi connectivity index (χ0v) is 7.03. The minimum absolute atomic E-state index is 0.0561. The van der Waals surface area contributed by atoms with Crippen LogP contribution < -0.4 is 0 Å². The van der Waals surface area contributed by atoms with Gasteiger partial charge in [-0.15, -0.1) is 0 Å². The van der Waals surface area contributed by atoms with Crippen molar-refractivity contribution in [1.82, 2.24) is 0 Å². The second-order valence-corrected chi connectivity index (χ2v) is 2.88. The molecule has 0 aliphatic rings. The van der Waals surface area contributed by atoms with Gasteiger partial charge in [-0.05, 0) is 18.2 Å². The molecule has 3 heteroatoms. The van der Waals surface area contributed by atoms with Gasteiger partial charge in [0.2, 0.25) is 0 Å². The molecule has 2 rings (SSSR count). The average molecular weight is 178 g/mol. The molecule has 0 atom stereocenters. The number of phenols is 1. The lowest BCUT2D eigenvalue weighted by Crippen LogP contribution is -1.85. The number of hydrogen-bond acceptors (Lipinski definition) is 3. The van der Waals surface area contributed by atoms with Crippen molar-refractivity contribution in [3.8, 4) is 5.75 Å². The zero-order valence-electron chi connectivity index (χ0n) is 7.03. The molecule has 0 amide bonds. The van der Waals surface area contributed by atoms with Crippen LogP contribution in [-0.4, -0.2) is 16.8 Å². The molecule has 0 saturated carbocycles. The minimum atomic E-state index is 0.0561. The first-order valence-electron chi connectivity index (χ1n) is 4.12. The molecule has 2 N–H and O–H groups in total. The molecular weight excluding hydrogens is 168 g/mol. The summed E-state index contributed by atoms with van der Waals surface area (Å²) in [6.45, 7) is 0.0561. The Balaban J connectivity index is 2.55. The van der Waals surface area contributed by atoms with E-state index in [1.165, 1.54) is 0 Å². The quantitative estimate of drug-likeness (QED) is 0.735. The summed E-state index contributed by atoms with van der Waals surface area (Å²) in [7, 11) is 0. The van der Waals surface area contributed by atoms with Crippen molar-refractivity contribution in [3.63, 3.8) is 0 Å². The smallest absolute Gasteiger partial charge is 0.137 e. The third kappa shape index (κ3) is 1.38. The molecular formula is C10H10O3. The Morgan fingerprint density at radius 3 is 2.85 bits per heavy atom. The molecule has 0 unspecified atom stereocenters. The Morgan fingerprint density at radius 1 is 1.31 bits per heavy atom. The summed E-state index contributed by atoms with van der Waals surface area (Å²) in [5, 5.41) is 18.8. The van der Waals surface area contributed by atoms with Gasteiger partial charge in [-0.3, -0.25) is 0 Å². The molecule has 0 aliphatic carbocycles. The molecule has 1 aromatic heterocycles. The van der Waals surface area contributed by atoms with Crippen molar-refractivity contribution >= 4 is 11.0 Å². The number of furan rings is 1. The fourth-order valence-corrected chi connectivity index (χ4v) is 1.33. The summed E-state index contributed by atoms with van der Waals surface area (Å²) in [5.74, 6) is 0.907. The Hall–Kier alpha value is -1.48. The van der Waals surface area contributed by atoms with E-state index in [0.29, 0.717) is 23.2 Å². The van der Waals surface area contributed by atoms with Crippen LogP contribution in [0.1, 0.15) is 5.76 Å². The summed E-state index contributed by atoms with van der Waals surface area (Å²) in [4.78, 5) is 0. The van der Waals surface area contributed by atoms with Crippen molar-refractivity contribution in [3.05, 3.63) is 30.0 Å². The van der Waals surface area contributed by atoms with Crippen LogP contribution in [0.15, 0.2) is 28.7 Å². The van der Waals surface area contributed by atoms with Gasteiger partial charge in [0.1, 0.15) is 17.1 Å². The predicted molar refractivity (Wildman–Crippen MR) is 48.7 cm³/mol. The van der Waals surface area contributed by atoms with Crippen LogP contribution in [0.4, 0.5) is 0 Å². The third-order valence-corrected chi connectivity index (χ3v) is 1.95. The maximum absolute atomic E-state index is 9.43. The third-order valence-electron chi connectivity index (χ3n) is 1.95. The van der Waals surface area contributed by atoms with E-state index in [9.17, 15) is 5.11 Å². The van der Waals surface area contributed by atoms with E-state index >= 15 is 0 Å². The molecule has 2 aromatic rings. The van der Waals surface area contributed by atoms with E-state index in [1.54, 1.807) is 24.3 Å². The monoisotopic (exact) mass is 178 g/mol. The van der Waals surface area contributed by atoms with Crippen LogP contribution in [0.3, 0.4) is 0 Å². The van der Waals surface area contributed by atoms with E-state index < -0.39 is 0 Å². The van der Waals surface area contributed by atoms with Crippen molar-refractivity contribution in [2.24, 2.45) is 0 Å². The second-order valence-electron chi connectivity index (χ2n) is 2.88. The number of aromatic hydroxyl groups is 1. The van der Waals surface area contributed by atoms with Crippen molar-refractivity contribution in [2.45, 2.75) is 6.42 Å². The maximum atomic E-state index is 9.43. The molecule has 1 aromatic carbocycles. The highest BCUT2D eigenvalue weighted by Crippen LogP contribution is 2.27. The summed E-state index contributed by atoms with van der Waals surface area (Å²) in [6.07, 6.45) is 0.480. The predicted octanol–water partition coefficient (Wildman–Crippen LogP) is 1.67. The van der Waals surface area contributed by atoms with Gasteiger partial charge in [0.25, 0.3) is 0 Å². The number of aliphatic hydroxyl groups is 1. The number of rotatable bonds is 2. The molecule has 0 bridgehead atoms. The Kier molecular flexibility index (Phi) is 1.94. The molecule has 68 valence electrons. The van der Waals surface area contributed by atoms with Crippen molar-refractivity contribution in [2.75, 3.05) is 6.61 Å². The standard InChI is InChI=1S/C10H10O3/c11-5-4-7-6-8-9(12)2-1-3-10(8)13-7/h1-3,6,11-12H,4-5H2. The second kappa shape index (κ2) is 3.11. The zero-order chi connectivity index (χ0) is 9.26. The van der Waals surface area contributed by atoms with Gasteiger partial charge in [-0.25, -0.2) is 0 Å². The van der Waals surface area contributed by atoms with E-state index in [0.717, 1.165) is 0 Å². The van der Waals surface area contributed by atoms with Crippen molar-refractivity contribution in [1.29, 1.82) is 0 Å². The van der Waals surface area contributed by atoms with Gasteiger partial charge >= 0.3 is 0 Å².